The van der Waals surface area contributed by atoms with Gasteiger partial charge in [0.15, 0.2) is 11.5 Å². The minimum Gasteiger partial charge on any atom is -0.454 e. The largest absolute Gasteiger partial charge is 0.454 e. The molecule has 4 rings (SSSR count). The molecule has 0 bridgehead atoms. The molecule has 1 N–H and O–H groups in total. The summed E-state index contributed by atoms with van der Waals surface area (Å²) in [5.74, 6) is 0.468. The van der Waals surface area contributed by atoms with Crippen molar-refractivity contribution >= 4 is 29.1 Å². The maximum absolute atomic E-state index is 12.9. The fraction of sp³-hybridized carbons (Fsp3) is 0.300. The first-order valence-electron chi connectivity index (χ1n) is 8.86. The van der Waals surface area contributed by atoms with Crippen molar-refractivity contribution in [1.29, 1.82) is 0 Å². The maximum Gasteiger partial charge on any atom is 0.254 e. The highest BCUT2D eigenvalue weighted by atomic mass is 35.5. The number of benzene rings is 2. The number of carbonyl (C=O) groups is 2. The van der Waals surface area contributed by atoms with Gasteiger partial charge in [-0.15, -0.1) is 0 Å². The highest BCUT2D eigenvalue weighted by molar-refractivity contribution is 6.32. The van der Waals surface area contributed by atoms with Crippen LogP contribution in [0.15, 0.2) is 42.5 Å². The molecule has 0 aliphatic carbocycles. The Hall–Kier alpha value is -2.73. The zero-order valence-electron chi connectivity index (χ0n) is 14.6. The van der Waals surface area contributed by atoms with Gasteiger partial charge in [-0.25, -0.2) is 0 Å². The van der Waals surface area contributed by atoms with E-state index in [0.717, 1.165) is 18.5 Å². The summed E-state index contributed by atoms with van der Waals surface area (Å²) in [5, 5.41) is 3.27. The lowest BCUT2D eigenvalue weighted by molar-refractivity contribution is -0.121. The summed E-state index contributed by atoms with van der Waals surface area (Å²) in [6.45, 7) is 1.09. The van der Waals surface area contributed by atoms with Gasteiger partial charge in [0.1, 0.15) is 0 Å². The van der Waals surface area contributed by atoms with Crippen molar-refractivity contribution in [3.8, 4) is 11.5 Å². The van der Waals surface area contributed by atoms with E-state index in [4.69, 9.17) is 21.1 Å². The van der Waals surface area contributed by atoms with E-state index in [0.29, 0.717) is 35.2 Å². The molecule has 1 fully saturated rings. The van der Waals surface area contributed by atoms with Crippen molar-refractivity contribution in [3.63, 3.8) is 0 Å². The average Bonchev–Trinajstić information content (AvgIpc) is 3.17. The molecule has 0 radical (unpaired) electrons. The van der Waals surface area contributed by atoms with Gasteiger partial charge in [0.25, 0.3) is 5.91 Å². The number of amides is 2. The van der Waals surface area contributed by atoms with Crippen LogP contribution >= 0.6 is 11.6 Å². The van der Waals surface area contributed by atoms with Gasteiger partial charge in [0, 0.05) is 24.3 Å². The third-order valence-electron chi connectivity index (χ3n) is 4.79. The quantitative estimate of drug-likeness (QED) is 0.875. The van der Waals surface area contributed by atoms with E-state index in [1.54, 1.807) is 17.0 Å². The van der Waals surface area contributed by atoms with Crippen LogP contribution in [0.2, 0.25) is 5.02 Å². The lowest BCUT2D eigenvalue weighted by atomic mass is 9.96. The van der Waals surface area contributed by atoms with E-state index in [-0.39, 0.29) is 24.5 Å². The predicted octanol–water partition coefficient (Wildman–Crippen LogP) is 3.56. The monoisotopic (exact) mass is 386 g/mol. The Morgan fingerprint density at radius 2 is 1.96 bits per heavy atom. The summed E-state index contributed by atoms with van der Waals surface area (Å²) in [6, 6.07) is 12.6. The number of piperidine rings is 1. The molecule has 1 saturated heterocycles. The molecule has 0 spiro atoms. The van der Waals surface area contributed by atoms with Crippen LogP contribution in [0.1, 0.15) is 23.2 Å². The second-order valence-corrected chi connectivity index (χ2v) is 7.04. The summed E-state index contributed by atoms with van der Waals surface area (Å²) >= 11 is 6.19. The third-order valence-corrected chi connectivity index (χ3v) is 5.08. The molecule has 2 heterocycles. The Morgan fingerprint density at radius 1 is 1.15 bits per heavy atom. The molecular formula is C20H19ClN2O4. The zero-order chi connectivity index (χ0) is 18.8. The Bertz CT molecular complexity index is 872. The van der Waals surface area contributed by atoms with E-state index in [1.807, 2.05) is 30.3 Å². The number of nitrogens with zero attached hydrogens (tertiary/aromatic N) is 1. The standard InChI is InChI=1S/C20H19ClN2O4/c21-16-9-14(10-17-18(16)27-12-26-17)20(25)23-8-4-5-13(11-23)19(24)22-15-6-2-1-3-7-15/h1-3,6-7,9-10,13H,4-5,8,11-12H2,(H,22,24). The molecule has 2 aliphatic rings. The molecular weight excluding hydrogens is 368 g/mol. The fourth-order valence-electron chi connectivity index (χ4n) is 3.41. The maximum atomic E-state index is 12.9. The normalized spacial score (nSPS) is 18.3. The minimum absolute atomic E-state index is 0.0672. The third kappa shape index (κ3) is 3.71. The van der Waals surface area contributed by atoms with E-state index >= 15 is 0 Å². The number of rotatable bonds is 3. The van der Waals surface area contributed by atoms with Gasteiger partial charge < -0.3 is 19.7 Å². The van der Waals surface area contributed by atoms with Crippen LogP contribution in [0.4, 0.5) is 5.69 Å². The van der Waals surface area contributed by atoms with E-state index < -0.39 is 0 Å². The highest BCUT2D eigenvalue weighted by Gasteiger charge is 2.30. The number of halogens is 1. The Labute approximate surface area is 162 Å². The van der Waals surface area contributed by atoms with Crippen LogP contribution in [0.5, 0.6) is 11.5 Å². The van der Waals surface area contributed by atoms with Gasteiger partial charge in [0.2, 0.25) is 12.7 Å². The topological polar surface area (TPSA) is 67.9 Å². The fourth-order valence-corrected chi connectivity index (χ4v) is 3.68. The zero-order valence-corrected chi connectivity index (χ0v) is 15.4. The molecule has 6 nitrogen and oxygen atoms in total. The van der Waals surface area contributed by atoms with Crippen LogP contribution in [0, 0.1) is 5.92 Å². The van der Waals surface area contributed by atoms with Crippen molar-refractivity contribution in [2.45, 2.75) is 12.8 Å². The van der Waals surface area contributed by atoms with Gasteiger partial charge in [-0.2, -0.15) is 0 Å². The Balaban J connectivity index is 1.46. The summed E-state index contributed by atoms with van der Waals surface area (Å²) in [7, 11) is 0. The Kier molecular flexibility index (Phi) is 4.90. The summed E-state index contributed by atoms with van der Waals surface area (Å²) in [6.07, 6.45) is 1.53. The van der Waals surface area contributed by atoms with Gasteiger partial charge in [-0.1, -0.05) is 29.8 Å². The molecule has 1 atom stereocenters. The number of carbonyl (C=O) groups excluding carboxylic acids is 2. The number of fused-ring (bicyclic) bond motifs is 1. The van der Waals surface area contributed by atoms with Crippen LogP contribution < -0.4 is 14.8 Å². The number of hydrogen-bond donors (Lipinski definition) is 1. The molecule has 2 amide bonds. The predicted molar refractivity (Wildman–Crippen MR) is 101 cm³/mol. The summed E-state index contributed by atoms with van der Waals surface area (Å²) in [4.78, 5) is 27.2. The minimum atomic E-state index is -0.243. The Morgan fingerprint density at radius 3 is 2.78 bits per heavy atom. The van der Waals surface area contributed by atoms with Crippen LogP contribution in [0.25, 0.3) is 0 Å². The number of anilines is 1. The molecule has 1 unspecified atom stereocenters. The molecule has 2 aromatic rings. The first-order chi connectivity index (χ1) is 13.1. The summed E-state index contributed by atoms with van der Waals surface area (Å²) in [5.41, 5.74) is 1.20. The van der Waals surface area contributed by atoms with Crippen LogP contribution in [-0.2, 0) is 4.79 Å². The van der Waals surface area contributed by atoms with Crippen molar-refractivity contribution in [3.05, 3.63) is 53.1 Å². The van der Waals surface area contributed by atoms with Gasteiger partial charge in [-0.3, -0.25) is 9.59 Å². The number of nitrogens with one attached hydrogen (secondary N) is 1. The molecule has 7 heteroatoms. The smallest absolute Gasteiger partial charge is 0.254 e. The molecule has 2 aromatic carbocycles. The molecule has 0 aromatic heterocycles. The lowest BCUT2D eigenvalue weighted by Gasteiger charge is -2.32. The second-order valence-electron chi connectivity index (χ2n) is 6.64. The van der Waals surface area contributed by atoms with E-state index in [2.05, 4.69) is 5.32 Å². The lowest BCUT2D eigenvalue weighted by Crippen LogP contribution is -2.43. The van der Waals surface area contributed by atoms with Crippen molar-refractivity contribution in [1.82, 2.24) is 4.90 Å². The van der Waals surface area contributed by atoms with Gasteiger partial charge in [-0.05, 0) is 37.1 Å². The number of para-hydroxylation sites is 1. The van der Waals surface area contributed by atoms with E-state index in [1.165, 1.54) is 0 Å². The molecule has 2 aliphatic heterocycles. The second kappa shape index (κ2) is 7.48. The number of likely N-dealkylation sites (tertiary alicyclic amines) is 1. The van der Waals surface area contributed by atoms with Gasteiger partial charge in [0.05, 0.1) is 10.9 Å². The average molecular weight is 387 g/mol. The summed E-state index contributed by atoms with van der Waals surface area (Å²) < 4.78 is 10.6. The van der Waals surface area contributed by atoms with Crippen molar-refractivity contribution in [2.75, 3.05) is 25.2 Å². The van der Waals surface area contributed by atoms with Crippen molar-refractivity contribution < 1.29 is 19.1 Å². The van der Waals surface area contributed by atoms with Gasteiger partial charge >= 0.3 is 0 Å². The first-order valence-corrected chi connectivity index (χ1v) is 9.24. The van der Waals surface area contributed by atoms with E-state index in [9.17, 15) is 9.59 Å². The van der Waals surface area contributed by atoms with Crippen molar-refractivity contribution in [2.24, 2.45) is 5.92 Å². The number of ether oxygens (including phenoxy) is 2. The molecule has 0 saturated carbocycles. The van der Waals surface area contributed by atoms with Crippen LogP contribution in [-0.4, -0.2) is 36.6 Å². The molecule has 140 valence electrons. The highest BCUT2D eigenvalue weighted by Crippen LogP contribution is 2.40. The number of hydrogen-bond acceptors (Lipinski definition) is 4. The van der Waals surface area contributed by atoms with Crippen LogP contribution in [0.3, 0.4) is 0 Å². The first kappa shape index (κ1) is 17.7. The molecule has 27 heavy (non-hydrogen) atoms. The SMILES string of the molecule is O=C(Nc1ccccc1)C1CCCN(C(=O)c2cc(Cl)c3c(c2)OCO3)C1.